The minimum absolute atomic E-state index is 0.0487. The van der Waals surface area contributed by atoms with Gasteiger partial charge in [0, 0.05) is 18.6 Å². The number of carbonyl (C=O) groups excluding carboxylic acids is 2. The van der Waals surface area contributed by atoms with Crippen LogP contribution < -0.4 is 10.6 Å². The van der Waals surface area contributed by atoms with Gasteiger partial charge in [-0.05, 0) is 47.4 Å². The van der Waals surface area contributed by atoms with Crippen LogP contribution in [0.25, 0.3) is 11.1 Å². The van der Waals surface area contributed by atoms with Crippen LogP contribution >= 0.6 is 0 Å². The molecule has 1 aliphatic heterocycles. The Bertz CT molecular complexity index is 1050. The zero-order chi connectivity index (χ0) is 23.7. The van der Waals surface area contributed by atoms with Crippen LogP contribution in [-0.4, -0.2) is 54.5 Å². The summed E-state index contributed by atoms with van der Waals surface area (Å²) in [6.07, 6.45) is 0.717. The number of rotatable bonds is 8. The lowest BCUT2D eigenvalue weighted by Crippen LogP contribution is -2.51. The minimum Gasteiger partial charge on any atom is -0.481 e. The van der Waals surface area contributed by atoms with E-state index in [1.165, 1.54) is 0 Å². The van der Waals surface area contributed by atoms with E-state index in [0.29, 0.717) is 13.0 Å². The number of aliphatic carboxylic acids is 1. The van der Waals surface area contributed by atoms with Crippen molar-refractivity contribution >= 4 is 18.0 Å². The molecule has 1 saturated carbocycles. The quantitative estimate of drug-likeness (QED) is 0.553. The maximum absolute atomic E-state index is 12.8. The lowest BCUT2D eigenvalue weighted by Gasteiger charge is -2.23. The maximum Gasteiger partial charge on any atom is 0.407 e. The van der Waals surface area contributed by atoms with Gasteiger partial charge in [0.15, 0.2) is 6.10 Å². The van der Waals surface area contributed by atoms with Gasteiger partial charge in [-0.1, -0.05) is 48.5 Å². The van der Waals surface area contributed by atoms with Crippen molar-refractivity contribution in [2.45, 2.75) is 49.8 Å². The fourth-order valence-electron chi connectivity index (χ4n) is 5.07. The van der Waals surface area contributed by atoms with Crippen LogP contribution in [0, 0.1) is 5.92 Å². The molecule has 1 heterocycles. The number of carbonyl (C=O) groups is 3. The standard InChI is InChI=1S/C26H28N2O6/c29-23(30)13-22(15-9-10-15)27-25(31)24-21(11-12-33-24)28-26(32)34-14-20-18-7-3-1-5-16(18)17-6-2-4-8-19(17)20/h1-8,15,20-22,24H,9-14H2,(H,27,31)(H,28,32)(H,29,30)/t21-,22?,24+/m0/s1. The van der Waals surface area contributed by atoms with E-state index in [2.05, 4.69) is 34.9 Å². The zero-order valence-corrected chi connectivity index (χ0v) is 18.7. The number of carboxylic acid groups (broad SMARTS) is 1. The third-order valence-corrected chi connectivity index (χ3v) is 6.91. The molecular weight excluding hydrogens is 436 g/mol. The molecule has 8 heteroatoms. The van der Waals surface area contributed by atoms with E-state index in [0.717, 1.165) is 35.1 Å². The van der Waals surface area contributed by atoms with Gasteiger partial charge in [-0.3, -0.25) is 9.59 Å². The summed E-state index contributed by atoms with van der Waals surface area (Å²) in [5.74, 6) is -1.19. The zero-order valence-electron chi connectivity index (χ0n) is 18.7. The van der Waals surface area contributed by atoms with Gasteiger partial charge in [0.25, 0.3) is 5.91 Å². The van der Waals surface area contributed by atoms with Crippen molar-refractivity contribution in [2.24, 2.45) is 5.92 Å². The first-order valence-electron chi connectivity index (χ1n) is 11.8. The van der Waals surface area contributed by atoms with Crippen LogP contribution in [0.1, 0.15) is 42.7 Å². The summed E-state index contributed by atoms with van der Waals surface area (Å²) < 4.78 is 11.2. The summed E-state index contributed by atoms with van der Waals surface area (Å²) in [6, 6.07) is 15.3. The number of ether oxygens (including phenoxy) is 2. The van der Waals surface area contributed by atoms with E-state index in [1.807, 2.05) is 24.3 Å². The first-order chi connectivity index (χ1) is 16.5. The maximum atomic E-state index is 12.8. The summed E-state index contributed by atoms with van der Waals surface area (Å²) in [4.78, 5) is 36.6. The molecule has 3 atom stereocenters. The van der Waals surface area contributed by atoms with Gasteiger partial charge in [-0.15, -0.1) is 0 Å². The number of fused-ring (bicyclic) bond motifs is 3. The van der Waals surface area contributed by atoms with Gasteiger partial charge >= 0.3 is 12.1 Å². The van der Waals surface area contributed by atoms with Crippen LogP contribution in [0.4, 0.5) is 4.79 Å². The number of carboxylic acids is 1. The van der Waals surface area contributed by atoms with E-state index in [9.17, 15) is 14.4 Å². The highest BCUT2D eigenvalue weighted by atomic mass is 16.6. The lowest BCUT2D eigenvalue weighted by atomic mass is 9.98. The van der Waals surface area contributed by atoms with Crippen molar-refractivity contribution in [3.05, 3.63) is 59.7 Å². The fraction of sp³-hybridized carbons (Fsp3) is 0.423. The van der Waals surface area contributed by atoms with Gasteiger partial charge in [-0.25, -0.2) is 4.79 Å². The van der Waals surface area contributed by atoms with Crippen LogP contribution in [-0.2, 0) is 19.1 Å². The molecule has 0 spiro atoms. The molecule has 2 aliphatic carbocycles. The molecule has 0 aromatic heterocycles. The number of hydrogen-bond donors (Lipinski definition) is 3. The van der Waals surface area contributed by atoms with Crippen molar-refractivity contribution in [3.8, 4) is 11.1 Å². The molecule has 5 rings (SSSR count). The van der Waals surface area contributed by atoms with Crippen LogP contribution in [0.3, 0.4) is 0 Å². The molecule has 1 saturated heterocycles. The third kappa shape index (κ3) is 4.63. The Morgan fingerprint density at radius 2 is 1.65 bits per heavy atom. The summed E-state index contributed by atoms with van der Waals surface area (Å²) in [6.45, 7) is 0.520. The Kier molecular flexibility index (Phi) is 6.24. The van der Waals surface area contributed by atoms with E-state index in [1.54, 1.807) is 0 Å². The van der Waals surface area contributed by atoms with E-state index < -0.39 is 30.3 Å². The molecular formula is C26H28N2O6. The van der Waals surface area contributed by atoms with Crippen molar-refractivity contribution in [1.82, 2.24) is 10.6 Å². The number of alkyl carbamates (subject to hydrolysis) is 1. The van der Waals surface area contributed by atoms with E-state index in [-0.39, 0.29) is 30.8 Å². The fourth-order valence-corrected chi connectivity index (χ4v) is 5.07. The molecule has 2 amide bonds. The average molecular weight is 465 g/mol. The minimum atomic E-state index is -0.946. The molecule has 0 bridgehead atoms. The van der Waals surface area contributed by atoms with Crippen molar-refractivity contribution in [2.75, 3.05) is 13.2 Å². The second kappa shape index (κ2) is 9.46. The predicted molar refractivity (Wildman–Crippen MR) is 123 cm³/mol. The van der Waals surface area contributed by atoms with Gasteiger partial charge < -0.3 is 25.2 Å². The smallest absolute Gasteiger partial charge is 0.407 e. The Labute approximate surface area is 197 Å². The predicted octanol–water partition coefficient (Wildman–Crippen LogP) is 3.05. The molecule has 1 unspecified atom stereocenters. The number of amides is 2. The number of nitrogens with one attached hydrogen (secondary N) is 2. The molecule has 178 valence electrons. The van der Waals surface area contributed by atoms with Crippen molar-refractivity contribution in [1.29, 1.82) is 0 Å². The van der Waals surface area contributed by atoms with E-state index in [4.69, 9.17) is 14.6 Å². The van der Waals surface area contributed by atoms with Crippen molar-refractivity contribution in [3.63, 3.8) is 0 Å². The Hall–Kier alpha value is -3.39. The largest absolute Gasteiger partial charge is 0.481 e. The van der Waals surface area contributed by atoms with Gasteiger partial charge in [0.05, 0.1) is 12.5 Å². The molecule has 3 aliphatic rings. The van der Waals surface area contributed by atoms with Gasteiger partial charge in [-0.2, -0.15) is 0 Å². The van der Waals surface area contributed by atoms with Crippen LogP contribution in [0.5, 0.6) is 0 Å². The molecule has 34 heavy (non-hydrogen) atoms. The lowest BCUT2D eigenvalue weighted by molar-refractivity contribution is -0.138. The Morgan fingerprint density at radius 3 is 2.26 bits per heavy atom. The third-order valence-electron chi connectivity index (χ3n) is 6.91. The SMILES string of the molecule is O=C(O)CC(NC(=O)[C@@H]1OCC[C@@H]1NC(=O)OCC1c2ccccc2-c2ccccc21)C1CC1. The van der Waals surface area contributed by atoms with Gasteiger partial charge in [0.1, 0.15) is 6.61 Å². The monoisotopic (exact) mass is 464 g/mol. The Balaban J connectivity index is 1.19. The second-order valence-electron chi connectivity index (χ2n) is 9.21. The second-order valence-corrected chi connectivity index (χ2v) is 9.21. The summed E-state index contributed by atoms with van der Waals surface area (Å²) in [5, 5.41) is 14.7. The van der Waals surface area contributed by atoms with Crippen molar-refractivity contribution < 1.29 is 29.0 Å². The summed E-state index contributed by atoms with van der Waals surface area (Å²) in [7, 11) is 0. The average Bonchev–Trinajstić information content (AvgIpc) is 3.49. The number of hydrogen-bond acceptors (Lipinski definition) is 5. The molecule has 2 aromatic carbocycles. The molecule has 0 radical (unpaired) electrons. The highest BCUT2D eigenvalue weighted by Gasteiger charge is 2.40. The highest BCUT2D eigenvalue weighted by Crippen LogP contribution is 2.44. The topological polar surface area (TPSA) is 114 Å². The molecule has 8 nitrogen and oxygen atoms in total. The van der Waals surface area contributed by atoms with Gasteiger partial charge in [0.2, 0.25) is 0 Å². The summed E-state index contributed by atoms with van der Waals surface area (Å²) >= 11 is 0. The van der Waals surface area contributed by atoms with Crippen LogP contribution in [0.15, 0.2) is 48.5 Å². The first kappa shape index (κ1) is 22.4. The Morgan fingerprint density at radius 1 is 1.00 bits per heavy atom. The first-order valence-corrected chi connectivity index (χ1v) is 11.8. The summed E-state index contributed by atoms with van der Waals surface area (Å²) in [5.41, 5.74) is 4.56. The van der Waals surface area contributed by atoms with E-state index >= 15 is 0 Å². The normalized spacial score (nSPS) is 21.9. The molecule has 2 fully saturated rings. The highest BCUT2D eigenvalue weighted by molar-refractivity contribution is 5.84. The number of benzene rings is 2. The van der Waals surface area contributed by atoms with Crippen LogP contribution in [0.2, 0.25) is 0 Å². The molecule has 3 N–H and O–H groups in total. The molecule has 2 aromatic rings.